The SMILES string of the molecule is O=C(O)CCC(=O)OC(Cc1c2c(c3cncn13)=CC=CC2)C1CCCCC1. The summed E-state index contributed by atoms with van der Waals surface area (Å²) in [5.74, 6) is -1.06. The highest BCUT2D eigenvalue weighted by molar-refractivity contribution is 5.76. The van der Waals surface area contributed by atoms with Gasteiger partial charge < -0.3 is 14.2 Å². The third kappa shape index (κ3) is 3.81. The normalized spacial score (nSPS) is 17.9. The lowest BCUT2D eigenvalue weighted by Crippen LogP contribution is -2.31. The number of carbonyl (C=O) groups is 2. The van der Waals surface area contributed by atoms with Crippen molar-refractivity contribution in [1.29, 1.82) is 0 Å². The van der Waals surface area contributed by atoms with Crippen LogP contribution in [0.4, 0.5) is 0 Å². The first-order chi connectivity index (χ1) is 13.6. The maximum absolute atomic E-state index is 12.3. The molecule has 0 amide bonds. The average Bonchev–Trinajstić information content (AvgIpc) is 3.29. The Labute approximate surface area is 163 Å². The number of aliphatic carboxylic acids is 1. The predicted octanol–water partition coefficient (Wildman–Crippen LogP) is 2.85. The van der Waals surface area contributed by atoms with Crippen LogP contribution >= 0.6 is 0 Å². The first kappa shape index (κ1) is 18.7. The summed E-state index contributed by atoms with van der Waals surface area (Å²) in [4.78, 5) is 27.4. The maximum atomic E-state index is 12.3. The number of carboxylic acid groups (broad SMARTS) is 1. The Bertz CT molecular complexity index is 953. The molecule has 1 fully saturated rings. The molecule has 2 aliphatic carbocycles. The van der Waals surface area contributed by atoms with Crippen molar-refractivity contribution in [3.8, 4) is 0 Å². The summed E-state index contributed by atoms with van der Waals surface area (Å²) < 4.78 is 7.99. The van der Waals surface area contributed by atoms with Gasteiger partial charge in [-0.15, -0.1) is 0 Å². The summed E-state index contributed by atoms with van der Waals surface area (Å²) in [7, 11) is 0. The van der Waals surface area contributed by atoms with Crippen LogP contribution in [0.5, 0.6) is 0 Å². The maximum Gasteiger partial charge on any atom is 0.306 e. The van der Waals surface area contributed by atoms with E-state index in [9.17, 15) is 9.59 Å². The summed E-state index contributed by atoms with van der Waals surface area (Å²) in [5.41, 5.74) is 3.53. The average molecular weight is 382 g/mol. The van der Waals surface area contributed by atoms with Crippen LogP contribution in [0.15, 0.2) is 24.7 Å². The lowest BCUT2D eigenvalue weighted by molar-refractivity contribution is -0.155. The van der Waals surface area contributed by atoms with E-state index in [0.717, 1.165) is 43.3 Å². The lowest BCUT2D eigenvalue weighted by atomic mass is 9.83. The summed E-state index contributed by atoms with van der Waals surface area (Å²) in [6, 6.07) is 0. The van der Waals surface area contributed by atoms with Crippen molar-refractivity contribution in [2.75, 3.05) is 0 Å². The molecular weight excluding hydrogens is 356 g/mol. The Morgan fingerprint density at radius 1 is 1.25 bits per heavy atom. The van der Waals surface area contributed by atoms with Gasteiger partial charge in [-0.2, -0.15) is 0 Å². The molecule has 0 aliphatic heterocycles. The molecule has 1 N–H and O–H groups in total. The second-order valence-corrected chi connectivity index (χ2v) is 7.81. The van der Waals surface area contributed by atoms with Gasteiger partial charge in [0, 0.05) is 17.3 Å². The molecule has 2 heterocycles. The van der Waals surface area contributed by atoms with E-state index < -0.39 is 11.9 Å². The number of allylic oxidation sites excluding steroid dienone is 2. The number of carbonyl (C=O) groups excluding carboxylic acids is 1. The minimum atomic E-state index is -0.973. The zero-order valence-corrected chi connectivity index (χ0v) is 16.0. The van der Waals surface area contributed by atoms with Gasteiger partial charge in [0.2, 0.25) is 0 Å². The molecule has 2 aliphatic rings. The second kappa shape index (κ2) is 8.17. The Hall–Kier alpha value is -2.63. The number of hydrogen-bond acceptors (Lipinski definition) is 4. The molecule has 1 atom stereocenters. The van der Waals surface area contributed by atoms with Crippen LogP contribution in [0.1, 0.15) is 56.2 Å². The molecule has 148 valence electrons. The van der Waals surface area contributed by atoms with Crippen molar-refractivity contribution in [3.05, 3.63) is 41.2 Å². The molecule has 0 spiro atoms. The zero-order chi connectivity index (χ0) is 19.5. The van der Waals surface area contributed by atoms with E-state index in [0.29, 0.717) is 12.3 Å². The molecular formula is C22H26N2O4. The monoisotopic (exact) mass is 382 g/mol. The highest BCUT2D eigenvalue weighted by Crippen LogP contribution is 2.31. The molecule has 0 bridgehead atoms. The number of aromatic nitrogens is 2. The van der Waals surface area contributed by atoms with Crippen molar-refractivity contribution < 1.29 is 19.4 Å². The molecule has 2 aromatic heterocycles. The largest absolute Gasteiger partial charge is 0.481 e. The molecule has 1 unspecified atom stereocenters. The van der Waals surface area contributed by atoms with Gasteiger partial charge in [-0.1, -0.05) is 37.5 Å². The highest BCUT2D eigenvalue weighted by Gasteiger charge is 2.29. The number of nitrogens with zero attached hydrogens (tertiary/aromatic N) is 2. The van der Waals surface area contributed by atoms with Crippen LogP contribution in [0, 0.1) is 5.92 Å². The Balaban J connectivity index is 1.61. The first-order valence-electron chi connectivity index (χ1n) is 10.2. The van der Waals surface area contributed by atoms with Gasteiger partial charge in [0.1, 0.15) is 6.10 Å². The van der Waals surface area contributed by atoms with E-state index in [1.165, 1.54) is 17.2 Å². The van der Waals surface area contributed by atoms with Crippen molar-refractivity contribution in [1.82, 2.24) is 9.38 Å². The van der Waals surface area contributed by atoms with Gasteiger partial charge in [-0.25, -0.2) is 4.98 Å². The molecule has 28 heavy (non-hydrogen) atoms. The number of imidazole rings is 1. The van der Waals surface area contributed by atoms with Crippen molar-refractivity contribution in [3.63, 3.8) is 0 Å². The first-order valence-corrected chi connectivity index (χ1v) is 10.2. The van der Waals surface area contributed by atoms with E-state index in [-0.39, 0.29) is 18.9 Å². The van der Waals surface area contributed by atoms with E-state index in [4.69, 9.17) is 9.84 Å². The molecule has 6 heteroatoms. The van der Waals surface area contributed by atoms with Crippen LogP contribution in [0.25, 0.3) is 11.6 Å². The number of fused-ring (bicyclic) bond motifs is 3. The molecule has 0 aromatic carbocycles. The third-order valence-electron chi connectivity index (χ3n) is 6.00. The van der Waals surface area contributed by atoms with Gasteiger partial charge in [0.15, 0.2) is 0 Å². The van der Waals surface area contributed by atoms with E-state index in [2.05, 4.69) is 27.6 Å². The smallest absolute Gasteiger partial charge is 0.306 e. The number of hydrogen-bond donors (Lipinski definition) is 1. The highest BCUT2D eigenvalue weighted by atomic mass is 16.5. The summed E-state index contributed by atoms with van der Waals surface area (Å²) in [6.45, 7) is 0. The van der Waals surface area contributed by atoms with Gasteiger partial charge in [0.25, 0.3) is 0 Å². The molecule has 0 radical (unpaired) electrons. The van der Waals surface area contributed by atoms with Crippen LogP contribution in [0.2, 0.25) is 0 Å². The lowest BCUT2D eigenvalue weighted by Gasteiger charge is -2.30. The van der Waals surface area contributed by atoms with Gasteiger partial charge in [0.05, 0.1) is 30.9 Å². The predicted molar refractivity (Wildman–Crippen MR) is 105 cm³/mol. The molecule has 6 nitrogen and oxygen atoms in total. The topological polar surface area (TPSA) is 80.9 Å². The Morgan fingerprint density at radius 2 is 2.07 bits per heavy atom. The van der Waals surface area contributed by atoms with Crippen LogP contribution < -0.4 is 5.22 Å². The van der Waals surface area contributed by atoms with Crippen LogP contribution in [-0.2, 0) is 27.2 Å². The minimum absolute atomic E-state index is 0.0747. The standard InChI is InChI=1S/C22H26N2O4/c25-21(26)10-11-22(27)28-20(15-6-2-1-3-7-15)12-18-16-8-4-5-9-17(16)19-13-23-14-24(18)19/h4-5,9,13-15,20H,1-3,6-8,10-12H2,(H,25,26). The number of esters is 1. The fourth-order valence-corrected chi connectivity index (χ4v) is 4.59. The number of ether oxygens (including phenoxy) is 1. The number of carboxylic acids is 1. The van der Waals surface area contributed by atoms with E-state index in [1.54, 1.807) is 0 Å². The quantitative estimate of drug-likeness (QED) is 0.745. The summed E-state index contributed by atoms with van der Waals surface area (Å²) in [6.07, 6.45) is 16.7. The second-order valence-electron chi connectivity index (χ2n) is 7.81. The van der Waals surface area contributed by atoms with Crippen molar-refractivity contribution in [2.45, 2.75) is 63.9 Å². The van der Waals surface area contributed by atoms with Crippen molar-refractivity contribution in [2.24, 2.45) is 5.92 Å². The molecule has 4 rings (SSSR count). The number of rotatable bonds is 7. The van der Waals surface area contributed by atoms with E-state index >= 15 is 0 Å². The Morgan fingerprint density at radius 3 is 2.86 bits per heavy atom. The van der Waals surface area contributed by atoms with Gasteiger partial charge in [-0.3, -0.25) is 9.59 Å². The molecule has 2 aromatic rings. The third-order valence-corrected chi connectivity index (χ3v) is 6.00. The van der Waals surface area contributed by atoms with Crippen molar-refractivity contribution >= 4 is 23.5 Å². The van der Waals surface area contributed by atoms with Gasteiger partial charge >= 0.3 is 11.9 Å². The van der Waals surface area contributed by atoms with Crippen LogP contribution in [0.3, 0.4) is 0 Å². The summed E-state index contributed by atoms with van der Waals surface area (Å²) in [5, 5.41) is 10.1. The molecule has 1 saturated carbocycles. The molecule has 0 saturated heterocycles. The summed E-state index contributed by atoms with van der Waals surface area (Å²) >= 11 is 0. The van der Waals surface area contributed by atoms with E-state index in [1.807, 2.05) is 12.5 Å². The van der Waals surface area contributed by atoms with Crippen LogP contribution in [-0.4, -0.2) is 32.5 Å². The minimum Gasteiger partial charge on any atom is -0.481 e. The zero-order valence-electron chi connectivity index (χ0n) is 16.0. The fraction of sp³-hybridized carbons (Fsp3) is 0.500. The Kier molecular flexibility index (Phi) is 5.46. The fourth-order valence-electron chi connectivity index (χ4n) is 4.59. The van der Waals surface area contributed by atoms with Gasteiger partial charge in [-0.05, 0) is 30.7 Å².